The molecule has 112 valence electrons. The molecule has 9 heteroatoms. The second-order valence-electron chi connectivity index (χ2n) is 4.87. The number of rotatable bonds is 5. The predicted octanol–water partition coefficient (Wildman–Crippen LogP) is 1.17. The van der Waals surface area contributed by atoms with Crippen LogP contribution in [0.2, 0.25) is 0 Å². The molecule has 0 aliphatic heterocycles. The van der Waals surface area contributed by atoms with E-state index in [1.165, 1.54) is 20.8 Å². The minimum Gasteiger partial charge on any atom is -0.391 e. The van der Waals surface area contributed by atoms with Crippen LogP contribution in [0.25, 0.3) is 0 Å². The Balaban J connectivity index is 3.34. The second kappa shape index (κ2) is 5.43. The van der Waals surface area contributed by atoms with Crippen LogP contribution in [0.15, 0.2) is 23.1 Å². The molecular formula is C11H15FN2O5S. The van der Waals surface area contributed by atoms with Crippen LogP contribution in [0.4, 0.5) is 10.1 Å². The zero-order valence-corrected chi connectivity index (χ0v) is 11.9. The molecule has 1 aromatic carbocycles. The van der Waals surface area contributed by atoms with Crippen molar-refractivity contribution >= 4 is 15.7 Å². The number of nitro benzene ring substituents is 1. The maximum atomic E-state index is 13.0. The van der Waals surface area contributed by atoms with Gasteiger partial charge >= 0.3 is 0 Å². The molecule has 0 aliphatic rings. The third kappa shape index (κ3) is 3.50. The van der Waals surface area contributed by atoms with Gasteiger partial charge in [0.1, 0.15) is 5.82 Å². The highest BCUT2D eigenvalue weighted by molar-refractivity contribution is 7.89. The maximum absolute atomic E-state index is 13.0. The first kappa shape index (κ1) is 16.5. The minimum atomic E-state index is -4.27. The lowest BCUT2D eigenvalue weighted by Gasteiger charge is -2.28. The van der Waals surface area contributed by atoms with Gasteiger partial charge in [0, 0.05) is 0 Å². The van der Waals surface area contributed by atoms with Gasteiger partial charge in [-0.1, -0.05) is 0 Å². The number of nitrogens with one attached hydrogen (secondary N) is 1. The molecule has 1 rings (SSSR count). The van der Waals surface area contributed by atoms with Crippen molar-refractivity contribution < 1.29 is 22.8 Å². The van der Waals surface area contributed by atoms with Gasteiger partial charge in [-0.3, -0.25) is 10.1 Å². The highest BCUT2D eigenvalue weighted by Crippen LogP contribution is 2.26. The van der Waals surface area contributed by atoms with E-state index in [0.717, 1.165) is 12.1 Å². The maximum Gasteiger partial charge on any atom is 0.292 e. The Morgan fingerprint density at radius 3 is 2.45 bits per heavy atom. The van der Waals surface area contributed by atoms with Gasteiger partial charge in [0.2, 0.25) is 10.0 Å². The Bertz CT molecular complexity index is 628. The Labute approximate surface area is 115 Å². The zero-order chi connectivity index (χ0) is 15.7. The van der Waals surface area contributed by atoms with Crippen molar-refractivity contribution in [1.82, 2.24) is 4.72 Å². The summed E-state index contributed by atoms with van der Waals surface area (Å²) in [7, 11) is -4.27. The molecule has 0 fully saturated rings. The Kier molecular flexibility index (Phi) is 4.47. The lowest BCUT2D eigenvalue weighted by molar-refractivity contribution is -0.388. The van der Waals surface area contributed by atoms with Crippen molar-refractivity contribution in [1.29, 1.82) is 0 Å². The monoisotopic (exact) mass is 306 g/mol. The molecular weight excluding hydrogens is 291 g/mol. The molecule has 0 spiro atoms. The number of hydrogen-bond acceptors (Lipinski definition) is 5. The first-order chi connectivity index (χ1) is 8.97. The van der Waals surface area contributed by atoms with Gasteiger partial charge in [0.05, 0.1) is 22.6 Å². The summed E-state index contributed by atoms with van der Waals surface area (Å²) in [6, 6.07) is 2.16. The number of halogens is 1. The van der Waals surface area contributed by atoms with Crippen molar-refractivity contribution in [3.05, 3.63) is 34.1 Å². The number of benzene rings is 1. The number of nitrogens with zero attached hydrogens (tertiary/aromatic N) is 1. The molecule has 0 saturated carbocycles. The fourth-order valence-electron chi connectivity index (χ4n) is 1.35. The van der Waals surface area contributed by atoms with Gasteiger partial charge in [0.25, 0.3) is 5.69 Å². The summed E-state index contributed by atoms with van der Waals surface area (Å²) >= 11 is 0. The Morgan fingerprint density at radius 2 is 2.00 bits per heavy atom. The molecule has 0 amide bonds. The molecule has 0 aromatic heterocycles. The normalized spacial score (nSPS) is 14.1. The molecule has 1 atom stereocenters. The van der Waals surface area contributed by atoms with Gasteiger partial charge in [0.15, 0.2) is 4.90 Å². The average molecular weight is 306 g/mol. The molecule has 1 aromatic rings. The molecule has 20 heavy (non-hydrogen) atoms. The molecule has 0 bridgehead atoms. The fraction of sp³-hybridized carbons (Fsp3) is 0.455. The van der Waals surface area contributed by atoms with Crippen molar-refractivity contribution in [2.24, 2.45) is 0 Å². The summed E-state index contributed by atoms with van der Waals surface area (Å²) in [6.07, 6.45) is -1.03. The highest BCUT2D eigenvalue weighted by atomic mass is 32.2. The van der Waals surface area contributed by atoms with Crippen LogP contribution in [0, 0.1) is 15.9 Å². The Morgan fingerprint density at radius 1 is 1.45 bits per heavy atom. The number of aliphatic hydroxyl groups excluding tert-OH is 1. The van der Waals surface area contributed by atoms with E-state index >= 15 is 0 Å². The van der Waals surface area contributed by atoms with Crippen molar-refractivity contribution in [3.8, 4) is 0 Å². The summed E-state index contributed by atoms with van der Waals surface area (Å²) in [6.45, 7) is 4.22. The van der Waals surface area contributed by atoms with Gasteiger partial charge < -0.3 is 5.11 Å². The largest absolute Gasteiger partial charge is 0.391 e. The molecule has 2 N–H and O–H groups in total. The standard InChI is InChI=1S/C11H15FN2O5S/c1-7(15)11(2,3)13-20(18,19)10-5-4-8(12)6-9(10)14(16)17/h4-7,13,15H,1-3H3. The minimum absolute atomic E-state index is 0.532. The van der Waals surface area contributed by atoms with E-state index in [2.05, 4.69) is 4.72 Å². The molecule has 0 heterocycles. The first-order valence-corrected chi connectivity index (χ1v) is 7.11. The lowest BCUT2D eigenvalue weighted by Crippen LogP contribution is -2.50. The predicted molar refractivity (Wildman–Crippen MR) is 69.1 cm³/mol. The molecule has 1 unspecified atom stereocenters. The smallest absolute Gasteiger partial charge is 0.292 e. The topological polar surface area (TPSA) is 110 Å². The zero-order valence-electron chi connectivity index (χ0n) is 11.1. The van der Waals surface area contributed by atoms with E-state index in [0.29, 0.717) is 6.07 Å². The van der Waals surface area contributed by atoms with Crippen molar-refractivity contribution in [2.75, 3.05) is 0 Å². The number of sulfonamides is 1. The summed E-state index contributed by atoms with van der Waals surface area (Å²) in [5.41, 5.74) is -2.10. The summed E-state index contributed by atoms with van der Waals surface area (Å²) in [5.74, 6) is -0.912. The van der Waals surface area contributed by atoms with E-state index in [-0.39, 0.29) is 0 Å². The molecule has 0 radical (unpaired) electrons. The second-order valence-corrected chi connectivity index (χ2v) is 6.52. The lowest BCUT2D eigenvalue weighted by atomic mass is 10.0. The molecule has 0 aliphatic carbocycles. The number of aliphatic hydroxyl groups is 1. The number of hydrogen-bond donors (Lipinski definition) is 2. The fourth-order valence-corrected chi connectivity index (χ4v) is 2.98. The SMILES string of the molecule is CC(O)C(C)(C)NS(=O)(=O)c1ccc(F)cc1[N+](=O)[O-]. The van der Waals surface area contributed by atoms with E-state index in [1.807, 2.05) is 0 Å². The van der Waals surface area contributed by atoms with Crippen LogP contribution in [0.5, 0.6) is 0 Å². The van der Waals surface area contributed by atoms with Gasteiger partial charge in [-0.15, -0.1) is 0 Å². The average Bonchev–Trinajstić information content (AvgIpc) is 2.26. The summed E-state index contributed by atoms with van der Waals surface area (Å²) in [5, 5.41) is 20.3. The van der Waals surface area contributed by atoms with Crippen LogP contribution in [-0.4, -0.2) is 30.1 Å². The quantitative estimate of drug-likeness (QED) is 0.627. The van der Waals surface area contributed by atoms with E-state index in [4.69, 9.17) is 0 Å². The van der Waals surface area contributed by atoms with Crippen LogP contribution in [0.3, 0.4) is 0 Å². The van der Waals surface area contributed by atoms with Crippen molar-refractivity contribution in [3.63, 3.8) is 0 Å². The van der Waals surface area contributed by atoms with E-state index in [9.17, 15) is 28.0 Å². The van der Waals surface area contributed by atoms with Crippen LogP contribution < -0.4 is 4.72 Å². The van der Waals surface area contributed by atoms with Crippen molar-refractivity contribution in [2.45, 2.75) is 37.3 Å². The summed E-state index contributed by atoms with van der Waals surface area (Å²) in [4.78, 5) is 9.18. The summed E-state index contributed by atoms with van der Waals surface area (Å²) < 4.78 is 39.4. The highest BCUT2D eigenvalue weighted by Gasteiger charge is 2.34. The first-order valence-electron chi connectivity index (χ1n) is 5.63. The Hall–Kier alpha value is -1.58. The van der Waals surface area contributed by atoms with Gasteiger partial charge in [-0.25, -0.2) is 17.5 Å². The van der Waals surface area contributed by atoms with Crippen LogP contribution >= 0.6 is 0 Å². The van der Waals surface area contributed by atoms with Gasteiger partial charge in [-0.05, 0) is 32.9 Å². The van der Waals surface area contributed by atoms with Gasteiger partial charge in [-0.2, -0.15) is 0 Å². The third-order valence-electron chi connectivity index (χ3n) is 2.85. The van der Waals surface area contributed by atoms with E-state index < -0.39 is 43.0 Å². The number of nitro groups is 1. The molecule has 7 nitrogen and oxygen atoms in total. The van der Waals surface area contributed by atoms with E-state index in [1.54, 1.807) is 0 Å². The third-order valence-corrected chi connectivity index (χ3v) is 4.57. The van der Waals surface area contributed by atoms with Crippen LogP contribution in [-0.2, 0) is 10.0 Å². The van der Waals surface area contributed by atoms with Crippen LogP contribution in [0.1, 0.15) is 20.8 Å². The molecule has 0 saturated heterocycles.